The van der Waals surface area contributed by atoms with Crippen LogP contribution in [-0.2, 0) is 0 Å². The Balaban J connectivity index is 0.000000540. The van der Waals surface area contributed by atoms with Gasteiger partial charge in [0.2, 0.25) is 0 Å². The SMILES string of the molecule is Cc1cc(C)cc(N2C[N+]3=C(NC(c4ccccc4)C3c3ccccc3)c3ccccc32)c1.F[B-](F)(F)F. The third-order valence-electron chi connectivity index (χ3n) is 6.79. The highest BCUT2D eigenvalue weighted by molar-refractivity contribution is 6.50. The fourth-order valence-corrected chi connectivity index (χ4v) is 5.43. The fourth-order valence-electron chi connectivity index (χ4n) is 5.43. The zero-order valence-electron chi connectivity index (χ0n) is 21.2. The predicted octanol–water partition coefficient (Wildman–Crippen LogP) is 7.56. The molecule has 0 fully saturated rings. The van der Waals surface area contributed by atoms with Crippen molar-refractivity contribution in [2.75, 3.05) is 11.6 Å². The molecular weight excluding hydrogens is 489 g/mol. The van der Waals surface area contributed by atoms with E-state index >= 15 is 0 Å². The summed E-state index contributed by atoms with van der Waals surface area (Å²) >= 11 is 0. The van der Waals surface area contributed by atoms with Crippen LogP contribution < -0.4 is 10.2 Å². The Hall–Kier alpha value is -4.07. The second-order valence-electron chi connectivity index (χ2n) is 9.63. The Morgan fingerprint density at radius 2 is 1.26 bits per heavy atom. The first-order valence-corrected chi connectivity index (χ1v) is 12.5. The number of para-hydroxylation sites is 1. The highest BCUT2D eigenvalue weighted by Crippen LogP contribution is 2.42. The van der Waals surface area contributed by atoms with Gasteiger partial charge in [0.25, 0.3) is 5.84 Å². The van der Waals surface area contributed by atoms with E-state index in [1.165, 1.54) is 45.0 Å². The molecular formula is C30H28BF4N3. The van der Waals surface area contributed by atoms with Gasteiger partial charge in [-0.1, -0.05) is 78.9 Å². The molecule has 0 saturated carbocycles. The number of rotatable bonds is 3. The van der Waals surface area contributed by atoms with Crippen LogP contribution in [0.15, 0.2) is 103 Å². The Kier molecular flexibility index (Phi) is 6.97. The maximum absolute atomic E-state index is 9.75. The van der Waals surface area contributed by atoms with Crippen LogP contribution in [0.4, 0.5) is 28.6 Å². The van der Waals surface area contributed by atoms with Crippen LogP contribution in [0.25, 0.3) is 0 Å². The molecule has 3 nitrogen and oxygen atoms in total. The second-order valence-corrected chi connectivity index (χ2v) is 9.63. The number of anilines is 2. The van der Waals surface area contributed by atoms with Gasteiger partial charge >= 0.3 is 7.25 Å². The van der Waals surface area contributed by atoms with Crippen LogP contribution in [-0.4, -0.2) is 24.3 Å². The van der Waals surface area contributed by atoms with E-state index < -0.39 is 7.25 Å². The van der Waals surface area contributed by atoms with Crippen LogP contribution in [0.1, 0.15) is 39.9 Å². The molecule has 4 aromatic rings. The molecule has 0 aromatic heterocycles. The van der Waals surface area contributed by atoms with Gasteiger partial charge in [0.1, 0.15) is 0 Å². The normalized spacial score (nSPS) is 18.2. The summed E-state index contributed by atoms with van der Waals surface area (Å²) in [4.78, 5) is 2.46. The first-order chi connectivity index (χ1) is 18.2. The summed E-state index contributed by atoms with van der Waals surface area (Å²) in [5.74, 6) is 1.22. The van der Waals surface area contributed by atoms with E-state index in [4.69, 9.17) is 0 Å². The van der Waals surface area contributed by atoms with Gasteiger partial charge < -0.3 is 22.2 Å². The van der Waals surface area contributed by atoms with E-state index in [9.17, 15) is 17.3 Å². The molecule has 0 radical (unpaired) electrons. The average Bonchev–Trinajstić information content (AvgIpc) is 3.27. The van der Waals surface area contributed by atoms with Crippen LogP contribution in [0.2, 0.25) is 0 Å². The molecule has 1 N–H and O–H groups in total. The van der Waals surface area contributed by atoms with Crippen molar-refractivity contribution >= 4 is 24.5 Å². The Bertz CT molecular complexity index is 1430. The molecule has 2 heterocycles. The zero-order chi connectivity index (χ0) is 26.9. The minimum Gasteiger partial charge on any atom is -0.418 e. The Morgan fingerprint density at radius 3 is 1.87 bits per heavy atom. The van der Waals surface area contributed by atoms with Crippen LogP contribution in [0, 0.1) is 13.8 Å². The van der Waals surface area contributed by atoms with Crippen molar-refractivity contribution in [1.29, 1.82) is 0 Å². The van der Waals surface area contributed by atoms with Gasteiger partial charge in [-0.25, -0.2) is 4.58 Å². The van der Waals surface area contributed by atoms with Crippen molar-refractivity contribution < 1.29 is 21.8 Å². The molecule has 2 aliphatic rings. The highest BCUT2D eigenvalue weighted by Gasteiger charge is 2.47. The number of nitrogens with one attached hydrogen (secondary N) is 1. The van der Waals surface area contributed by atoms with E-state index in [0.29, 0.717) is 0 Å². The van der Waals surface area contributed by atoms with Gasteiger partial charge in [-0.2, -0.15) is 0 Å². The molecule has 0 spiro atoms. The molecule has 4 aromatic carbocycles. The molecule has 2 atom stereocenters. The summed E-state index contributed by atoms with van der Waals surface area (Å²) in [6.07, 6.45) is 0. The lowest BCUT2D eigenvalue weighted by atomic mass is 9.94. The topological polar surface area (TPSA) is 18.3 Å². The van der Waals surface area contributed by atoms with Crippen molar-refractivity contribution in [2.45, 2.75) is 25.9 Å². The number of hydrogen-bond acceptors (Lipinski definition) is 2. The zero-order valence-corrected chi connectivity index (χ0v) is 21.2. The molecule has 0 bridgehead atoms. The fraction of sp³-hybridized carbons (Fsp3) is 0.167. The predicted molar refractivity (Wildman–Crippen MR) is 145 cm³/mol. The standard InChI is InChI=1S/C30H27N3.BF4/c1-21-17-22(2)19-25(18-21)32-20-33-29(24-13-7-4-8-14-24)28(23-11-5-3-6-12-23)31-30(33)26-15-9-10-16-27(26)32;2-1(3,4)5/h3-19,28-29H,20H2,1-2H3;/q;-1/p+1. The minimum absolute atomic E-state index is 0.177. The maximum atomic E-state index is 9.75. The molecule has 2 unspecified atom stereocenters. The number of hydrogen-bond donors (Lipinski definition) is 1. The molecule has 2 aliphatic heterocycles. The van der Waals surface area contributed by atoms with Gasteiger partial charge in [-0.05, 0) is 49.2 Å². The van der Waals surface area contributed by atoms with Gasteiger partial charge in [-0.15, -0.1) is 0 Å². The van der Waals surface area contributed by atoms with E-state index in [0.717, 1.165) is 6.67 Å². The third kappa shape index (κ3) is 5.44. The first-order valence-electron chi connectivity index (χ1n) is 12.5. The largest absolute Gasteiger partial charge is 0.673 e. The van der Waals surface area contributed by atoms with Crippen molar-refractivity contribution in [2.24, 2.45) is 0 Å². The summed E-state index contributed by atoms with van der Waals surface area (Å²) in [5.41, 5.74) is 8.97. The molecule has 38 heavy (non-hydrogen) atoms. The van der Waals surface area contributed by atoms with Gasteiger partial charge in [0.05, 0.1) is 11.3 Å². The van der Waals surface area contributed by atoms with Crippen LogP contribution >= 0.6 is 0 Å². The van der Waals surface area contributed by atoms with Gasteiger partial charge in [-0.3, -0.25) is 5.32 Å². The number of amidine groups is 1. The van der Waals surface area contributed by atoms with E-state index in [1.54, 1.807) is 0 Å². The monoisotopic (exact) mass is 517 g/mol. The second kappa shape index (κ2) is 10.4. The van der Waals surface area contributed by atoms with Gasteiger partial charge in [0, 0.05) is 16.8 Å². The minimum atomic E-state index is -6.00. The van der Waals surface area contributed by atoms with Crippen molar-refractivity contribution in [3.63, 3.8) is 0 Å². The van der Waals surface area contributed by atoms with E-state index in [-0.39, 0.29) is 12.1 Å². The summed E-state index contributed by atoms with van der Waals surface area (Å²) in [6, 6.07) is 37.7. The lowest BCUT2D eigenvalue weighted by molar-refractivity contribution is -0.566. The summed E-state index contributed by atoms with van der Waals surface area (Å²) in [6.45, 7) is 5.16. The highest BCUT2D eigenvalue weighted by atomic mass is 19.5. The average molecular weight is 517 g/mol. The maximum Gasteiger partial charge on any atom is 0.673 e. The van der Waals surface area contributed by atoms with Gasteiger partial charge in [0.15, 0.2) is 18.8 Å². The van der Waals surface area contributed by atoms with Crippen LogP contribution in [0.5, 0.6) is 0 Å². The molecule has 0 saturated heterocycles. The number of fused-ring (bicyclic) bond motifs is 2. The summed E-state index contributed by atoms with van der Waals surface area (Å²) in [7, 11) is -6.00. The first kappa shape index (κ1) is 25.6. The Labute approximate surface area is 220 Å². The lowest BCUT2D eigenvalue weighted by Crippen LogP contribution is -2.39. The van der Waals surface area contributed by atoms with Crippen molar-refractivity contribution in [3.05, 3.63) is 131 Å². The van der Waals surface area contributed by atoms with Crippen LogP contribution in [0.3, 0.4) is 0 Å². The molecule has 194 valence electrons. The van der Waals surface area contributed by atoms with Crippen molar-refractivity contribution in [3.8, 4) is 0 Å². The molecule has 0 amide bonds. The molecule has 0 aliphatic carbocycles. The van der Waals surface area contributed by atoms with E-state index in [2.05, 4.69) is 132 Å². The Morgan fingerprint density at radius 1 is 0.737 bits per heavy atom. The van der Waals surface area contributed by atoms with Crippen molar-refractivity contribution in [1.82, 2.24) is 5.32 Å². The smallest absolute Gasteiger partial charge is 0.418 e. The number of aryl methyl sites for hydroxylation is 2. The quantitative estimate of drug-likeness (QED) is 0.172. The third-order valence-corrected chi connectivity index (χ3v) is 6.79. The van der Waals surface area contributed by atoms with E-state index in [1.807, 2.05) is 0 Å². The summed E-state index contributed by atoms with van der Waals surface area (Å²) < 4.78 is 41.5. The number of nitrogens with zero attached hydrogens (tertiary/aromatic N) is 2. The molecule has 8 heteroatoms. The molecule has 6 rings (SSSR count). The number of benzene rings is 4. The summed E-state index contributed by atoms with van der Waals surface area (Å²) in [5, 5.41) is 3.92. The number of halogens is 4. The lowest BCUT2D eigenvalue weighted by Gasteiger charge is -2.31.